The molecule has 1 amide bonds. The summed E-state index contributed by atoms with van der Waals surface area (Å²) in [6, 6.07) is 9.84. The van der Waals surface area contributed by atoms with E-state index in [0.29, 0.717) is 6.42 Å². The van der Waals surface area contributed by atoms with Gasteiger partial charge in [-0.1, -0.05) is 25.1 Å². The van der Waals surface area contributed by atoms with E-state index in [1.165, 1.54) is 0 Å². The fraction of sp³-hybridized carbons (Fsp3) is 0.333. The zero-order valence-electron chi connectivity index (χ0n) is 11.3. The second kappa shape index (κ2) is 6.29. The van der Waals surface area contributed by atoms with Crippen LogP contribution in [0.4, 0.5) is 5.69 Å². The van der Waals surface area contributed by atoms with E-state index in [9.17, 15) is 4.79 Å². The number of nitrogens with one attached hydrogen (secondary N) is 2. The predicted molar refractivity (Wildman–Crippen MR) is 78.1 cm³/mol. The van der Waals surface area contributed by atoms with Gasteiger partial charge in [-0.2, -0.15) is 0 Å². The van der Waals surface area contributed by atoms with Crippen molar-refractivity contribution >= 4 is 22.5 Å². The molecule has 0 spiro atoms. The fourth-order valence-corrected chi connectivity index (χ4v) is 2.11. The Morgan fingerprint density at radius 1 is 1.32 bits per heavy atom. The molecule has 19 heavy (non-hydrogen) atoms. The molecule has 0 radical (unpaired) electrons. The third-order valence-corrected chi connectivity index (χ3v) is 2.95. The van der Waals surface area contributed by atoms with E-state index in [-0.39, 0.29) is 11.9 Å². The van der Waals surface area contributed by atoms with E-state index in [1.807, 2.05) is 44.2 Å². The number of pyridine rings is 1. The summed E-state index contributed by atoms with van der Waals surface area (Å²) >= 11 is 0. The summed E-state index contributed by atoms with van der Waals surface area (Å²) in [5.74, 6) is 0.00611. The van der Waals surface area contributed by atoms with Crippen molar-refractivity contribution in [2.24, 2.45) is 0 Å². The smallest absolute Gasteiger partial charge is 0.225 e. The highest BCUT2D eigenvalue weighted by molar-refractivity contribution is 6.00. The molecule has 0 fully saturated rings. The summed E-state index contributed by atoms with van der Waals surface area (Å²) in [4.78, 5) is 16.3. The molecule has 2 N–H and O–H groups in total. The summed E-state index contributed by atoms with van der Waals surface area (Å²) in [5.41, 5.74) is 1.60. The van der Waals surface area contributed by atoms with E-state index in [2.05, 4.69) is 15.6 Å². The first-order valence-electron chi connectivity index (χ1n) is 6.57. The Labute approximate surface area is 113 Å². The van der Waals surface area contributed by atoms with Crippen molar-refractivity contribution in [1.29, 1.82) is 0 Å². The van der Waals surface area contributed by atoms with Crippen LogP contribution in [0.15, 0.2) is 36.5 Å². The number of carbonyl (C=O) groups is 1. The van der Waals surface area contributed by atoms with E-state index >= 15 is 0 Å². The van der Waals surface area contributed by atoms with Crippen LogP contribution < -0.4 is 10.6 Å². The zero-order chi connectivity index (χ0) is 13.7. The molecule has 0 saturated carbocycles. The summed E-state index contributed by atoms with van der Waals surface area (Å²) in [6.07, 6.45) is 2.19. The minimum Gasteiger partial charge on any atom is -0.324 e. The van der Waals surface area contributed by atoms with Crippen molar-refractivity contribution in [3.05, 3.63) is 36.5 Å². The molecule has 4 nitrogen and oxygen atoms in total. The topological polar surface area (TPSA) is 54.0 Å². The third kappa shape index (κ3) is 3.51. The van der Waals surface area contributed by atoms with E-state index in [4.69, 9.17) is 0 Å². The van der Waals surface area contributed by atoms with Gasteiger partial charge < -0.3 is 10.6 Å². The number of nitrogens with zero attached hydrogens (tertiary/aromatic N) is 1. The highest BCUT2D eigenvalue weighted by atomic mass is 16.1. The first-order valence-corrected chi connectivity index (χ1v) is 6.57. The second-order valence-electron chi connectivity index (χ2n) is 4.59. The van der Waals surface area contributed by atoms with Gasteiger partial charge in [-0.15, -0.1) is 0 Å². The van der Waals surface area contributed by atoms with Gasteiger partial charge in [-0.3, -0.25) is 9.78 Å². The van der Waals surface area contributed by atoms with Gasteiger partial charge in [0.1, 0.15) is 0 Å². The molecule has 0 aliphatic heterocycles. The molecular weight excluding hydrogens is 238 g/mol. The number of fused-ring (bicyclic) bond motifs is 1. The van der Waals surface area contributed by atoms with Crippen LogP contribution in [-0.4, -0.2) is 23.5 Å². The van der Waals surface area contributed by atoms with E-state index in [0.717, 1.165) is 23.1 Å². The average Bonchev–Trinajstić information content (AvgIpc) is 2.39. The normalized spacial score (nSPS) is 12.3. The van der Waals surface area contributed by atoms with Crippen LogP contribution in [0.1, 0.15) is 20.3 Å². The van der Waals surface area contributed by atoms with E-state index in [1.54, 1.807) is 6.20 Å². The highest BCUT2D eigenvalue weighted by Crippen LogP contribution is 2.20. The first-order chi connectivity index (χ1) is 9.20. The van der Waals surface area contributed by atoms with Gasteiger partial charge in [0.25, 0.3) is 0 Å². The van der Waals surface area contributed by atoms with Crippen molar-refractivity contribution in [2.45, 2.75) is 26.3 Å². The van der Waals surface area contributed by atoms with Gasteiger partial charge in [0.15, 0.2) is 0 Å². The number of aromatic nitrogens is 1. The zero-order valence-corrected chi connectivity index (χ0v) is 11.3. The van der Waals surface area contributed by atoms with Gasteiger partial charge in [0, 0.05) is 24.0 Å². The predicted octanol–water partition coefficient (Wildman–Crippen LogP) is 2.56. The molecule has 2 aromatic rings. The molecule has 1 atom stereocenters. The first kappa shape index (κ1) is 13.5. The Morgan fingerprint density at radius 2 is 2.11 bits per heavy atom. The highest BCUT2D eigenvalue weighted by Gasteiger charge is 2.10. The van der Waals surface area contributed by atoms with Crippen LogP contribution in [-0.2, 0) is 4.79 Å². The number of benzene rings is 1. The Balaban J connectivity index is 2.11. The summed E-state index contributed by atoms with van der Waals surface area (Å²) in [5, 5.41) is 7.18. The van der Waals surface area contributed by atoms with Crippen molar-refractivity contribution in [3.8, 4) is 0 Å². The molecule has 2 rings (SSSR count). The number of para-hydroxylation sites is 1. The number of anilines is 1. The molecule has 1 aromatic heterocycles. The lowest BCUT2D eigenvalue weighted by molar-refractivity contribution is -0.116. The molecule has 1 heterocycles. The van der Waals surface area contributed by atoms with Gasteiger partial charge in [0.05, 0.1) is 11.2 Å². The van der Waals surface area contributed by atoms with Crippen LogP contribution in [0.2, 0.25) is 0 Å². The SMILES string of the molecule is CCNC(C)CC(=O)Nc1cccc2cccnc12. The van der Waals surface area contributed by atoms with Crippen molar-refractivity contribution in [1.82, 2.24) is 10.3 Å². The lowest BCUT2D eigenvalue weighted by Gasteiger charge is -2.12. The van der Waals surface area contributed by atoms with Crippen LogP contribution in [0.3, 0.4) is 0 Å². The lowest BCUT2D eigenvalue weighted by atomic mass is 10.1. The molecule has 1 unspecified atom stereocenters. The largest absolute Gasteiger partial charge is 0.324 e. The summed E-state index contributed by atoms with van der Waals surface area (Å²) < 4.78 is 0. The molecule has 1 aromatic carbocycles. The Hall–Kier alpha value is -1.94. The standard InChI is InChI=1S/C15H19N3O/c1-3-16-11(2)10-14(19)18-13-8-4-6-12-7-5-9-17-15(12)13/h4-9,11,16H,3,10H2,1-2H3,(H,18,19). The Morgan fingerprint density at radius 3 is 2.89 bits per heavy atom. The quantitative estimate of drug-likeness (QED) is 0.865. The Bertz CT molecular complexity index is 563. The van der Waals surface area contributed by atoms with Gasteiger partial charge >= 0.3 is 0 Å². The fourth-order valence-electron chi connectivity index (χ4n) is 2.11. The molecule has 0 aliphatic rings. The lowest BCUT2D eigenvalue weighted by Crippen LogP contribution is -2.30. The summed E-state index contributed by atoms with van der Waals surface area (Å²) in [6.45, 7) is 4.90. The maximum Gasteiger partial charge on any atom is 0.225 e. The van der Waals surface area contributed by atoms with Crippen LogP contribution in [0.25, 0.3) is 10.9 Å². The number of carbonyl (C=O) groups excluding carboxylic acids is 1. The molecule has 0 aliphatic carbocycles. The van der Waals surface area contributed by atoms with Crippen LogP contribution in [0.5, 0.6) is 0 Å². The molecule has 100 valence electrons. The molecule has 0 bridgehead atoms. The van der Waals surface area contributed by atoms with Gasteiger partial charge in [0.2, 0.25) is 5.91 Å². The summed E-state index contributed by atoms with van der Waals surface area (Å²) in [7, 11) is 0. The van der Waals surface area contributed by atoms with Gasteiger partial charge in [-0.05, 0) is 25.6 Å². The number of amides is 1. The average molecular weight is 257 g/mol. The molecular formula is C15H19N3O. The second-order valence-corrected chi connectivity index (χ2v) is 4.59. The van der Waals surface area contributed by atoms with Crippen LogP contribution >= 0.6 is 0 Å². The third-order valence-electron chi connectivity index (χ3n) is 2.95. The van der Waals surface area contributed by atoms with Crippen molar-refractivity contribution in [2.75, 3.05) is 11.9 Å². The van der Waals surface area contributed by atoms with Crippen molar-refractivity contribution in [3.63, 3.8) is 0 Å². The minimum atomic E-state index is 0.00611. The number of rotatable bonds is 5. The monoisotopic (exact) mass is 257 g/mol. The van der Waals surface area contributed by atoms with Crippen molar-refractivity contribution < 1.29 is 4.79 Å². The molecule has 0 saturated heterocycles. The van der Waals surface area contributed by atoms with E-state index < -0.39 is 0 Å². The maximum atomic E-state index is 12.0. The number of hydrogen-bond donors (Lipinski definition) is 2. The molecule has 4 heteroatoms. The number of hydrogen-bond acceptors (Lipinski definition) is 3. The van der Waals surface area contributed by atoms with Gasteiger partial charge in [-0.25, -0.2) is 0 Å². The minimum absolute atomic E-state index is 0.00611. The maximum absolute atomic E-state index is 12.0. The van der Waals surface area contributed by atoms with Crippen LogP contribution in [0, 0.1) is 0 Å². The Kier molecular flexibility index (Phi) is 4.47.